The highest BCUT2D eigenvalue weighted by Gasteiger charge is 2.18. The lowest BCUT2D eigenvalue weighted by Crippen LogP contribution is -2.37. The number of nitrogens with one attached hydrogen (secondary N) is 1. The molecule has 124 valence electrons. The summed E-state index contributed by atoms with van der Waals surface area (Å²) in [6, 6.07) is 18.1. The number of rotatable bonds is 6. The lowest BCUT2D eigenvalue weighted by atomic mass is 10.2. The fourth-order valence-electron chi connectivity index (χ4n) is 2.55. The zero-order chi connectivity index (χ0) is 16.9. The number of fused-ring (bicyclic) bond motifs is 1. The van der Waals surface area contributed by atoms with Gasteiger partial charge in [0.25, 0.3) is 0 Å². The van der Waals surface area contributed by atoms with Gasteiger partial charge in [0.2, 0.25) is 5.91 Å². The lowest BCUT2D eigenvalue weighted by Gasteiger charge is -2.26. The number of H-pyrrole nitrogens is 1. The molecule has 24 heavy (non-hydrogen) atoms. The van der Waals surface area contributed by atoms with Gasteiger partial charge in [0, 0.05) is 12.6 Å². The molecular formula is C19H21N3OS. The van der Waals surface area contributed by atoms with E-state index in [-0.39, 0.29) is 11.9 Å². The average Bonchev–Trinajstić information content (AvgIpc) is 3.01. The van der Waals surface area contributed by atoms with E-state index in [2.05, 4.69) is 22.1 Å². The van der Waals surface area contributed by atoms with Crippen LogP contribution in [0.3, 0.4) is 0 Å². The van der Waals surface area contributed by atoms with Gasteiger partial charge in [-0.25, -0.2) is 4.98 Å². The first-order valence-electron chi connectivity index (χ1n) is 8.04. The molecule has 0 fully saturated rings. The van der Waals surface area contributed by atoms with E-state index < -0.39 is 0 Å². The van der Waals surface area contributed by atoms with Crippen LogP contribution in [-0.4, -0.2) is 32.6 Å². The highest BCUT2D eigenvalue weighted by Crippen LogP contribution is 2.20. The molecule has 3 aromatic rings. The highest BCUT2D eigenvalue weighted by atomic mass is 32.2. The second-order valence-corrected chi connectivity index (χ2v) is 6.91. The van der Waals surface area contributed by atoms with Crippen LogP contribution >= 0.6 is 11.8 Å². The van der Waals surface area contributed by atoms with E-state index in [0.29, 0.717) is 12.3 Å². The summed E-state index contributed by atoms with van der Waals surface area (Å²) in [6.07, 6.45) is 0. The monoisotopic (exact) mass is 339 g/mol. The molecule has 0 aliphatic rings. The standard InChI is InChI=1S/C19H21N3OS/c1-14(2)22(12-15-8-4-3-5-9-15)18(23)13-24-19-20-16-10-6-7-11-17(16)21-19/h3-11,14H,12-13H2,1-2H3,(H,20,21). The van der Waals surface area contributed by atoms with Gasteiger partial charge in [-0.3, -0.25) is 4.79 Å². The Hall–Kier alpha value is -2.27. The first kappa shape index (κ1) is 16.6. The van der Waals surface area contributed by atoms with Crippen LogP contribution in [0.15, 0.2) is 59.8 Å². The minimum absolute atomic E-state index is 0.124. The summed E-state index contributed by atoms with van der Waals surface area (Å²) in [4.78, 5) is 22.3. The van der Waals surface area contributed by atoms with Crippen molar-refractivity contribution in [3.8, 4) is 0 Å². The lowest BCUT2D eigenvalue weighted by molar-refractivity contribution is -0.130. The number of nitrogens with zero attached hydrogens (tertiary/aromatic N) is 2. The Kier molecular flexibility index (Phi) is 5.20. The van der Waals surface area contributed by atoms with Gasteiger partial charge in [0.05, 0.1) is 16.8 Å². The smallest absolute Gasteiger partial charge is 0.233 e. The summed E-state index contributed by atoms with van der Waals surface area (Å²) in [5, 5.41) is 0.785. The number of carbonyl (C=O) groups is 1. The van der Waals surface area contributed by atoms with E-state index in [1.54, 1.807) is 0 Å². The van der Waals surface area contributed by atoms with Crippen LogP contribution < -0.4 is 0 Å². The molecule has 0 spiro atoms. The van der Waals surface area contributed by atoms with Crippen molar-refractivity contribution in [2.45, 2.75) is 31.6 Å². The maximum atomic E-state index is 12.6. The summed E-state index contributed by atoms with van der Waals surface area (Å²) in [7, 11) is 0. The zero-order valence-corrected chi connectivity index (χ0v) is 14.7. The van der Waals surface area contributed by atoms with E-state index in [4.69, 9.17) is 0 Å². The summed E-state index contributed by atoms with van der Waals surface area (Å²) in [6.45, 7) is 4.73. The maximum Gasteiger partial charge on any atom is 0.233 e. The van der Waals surface area contributed by atoms with Crippen LogP contribution in [0.25, 0.3) is 11.0 Å². The van der Waals surface area contributed by atoms with Crippen molar-refractivity contribution in [3.63, 3.8) is 0 Å². The van der Waals surface area contributed by atoms with Crippen LogP contribution in [0, 0.1) is 0 Å². The number of hydrogen-bond acceptors (Lipinski definition) is 3. The molecule has 0 atom stereocenters. The molecule has 0 saturated heterocycles. The molecule has 3 rings (SSSR count). The topological polar surface area (TPSA) is 49.0 Å². The molecule has 4 nitrogen and oxygen atoms in total. The van der Waals surface area contributed by atoms with Crippen LogP contribution in [-0.2, 0) is 11.3 Å². The number of carbonyl (C=O) groups excluding carboxylic acids is 1. The number of thioether (sulfide) groups is 1. The third kappa shape index (κ3) is 3.97. The van der Waals surface area contributed by atoms with E-state index in [1.165, 1.54) is 11.8 Å². The van der Waals surface area contributed by atoms with Crippen molar-refractivity contribution in [2.75, 3.05) is 5.75 Å². The first-order valence-corrected chi connectivity index (χ1v) is 9.03. The van der Waals surface area contributed by atoms with Gasteiger partial charge in [-0.15, -0.1) is 0 Å². The summed E-state index contributed by atoms with van der Waals surface area (Å²) < 4.78 is 0. The second kappa shape index (κ2) is 7.53. The largest absolute Gasteiger partial charge is 0.335 e. The van der Waals surface area contributed by atoms with Crippen molar-refractivity contribution in [1.29, 1.82) is 0 Å². The van der Waals surface area contributed by atoms with Crippen molar-refractivity contribution < 1.29 is 4.79 Å². The summed E-state index contributed by atoms with van der Waals surface area (Å²) >= 11 is 1.45. The number of imidazole rings is 1. The number of para-hydroxylation sites is 2. The van der Waals surface area contributed by atoms with Gasteiger partial charge >= 0.3 is 0 Å². The minimum Gasteiger partial charge on any atom is -0.335 e. The van der Waals surface area contributed by atoms with E-state index in [0.717, 1.165) is 21.8 Å². The Morgan fingerprint density at radius 2 is 1.83 bits per heavy atom. The predicted molar refractivity (Wildman–Crippen MR) is 98.9 cm³/mol. The van der Waals surface area contributed by atoms with E-state index in [9.17, 15) is 4.79 Å². The molecule has 1 aromatic heterocycles. The van der Waals surface area contributed by atoms with Gasteiger partial charge in [-0.1, -0.05) is 54.2 Å². The second-order valence-electron chi connectivity index (χ2n) is 5.95. The Morgan fingerprint density at radius 3 is 2.54 bits per heavy atom. The molecule has 2 aromatic carbocycles. The van der Waals surface area contributed by atoms with Gasteiger partial charge in [0.1, 0.15) is 0 Å². The molecular weight excluding hydrogens is 318 g/mol. The van der Waals surface area contributed by atoms with E-state index in [1.807, 2.05) is 61.2 Å². The van der Waals surface area contributed by atoms with Gasteiger partial charge in [-0.2, -0.15) is 0 Å². The third-order valence-electron chi connectivity index (χ3n) is 3.84. The number of hydrogen-bond donors (Lipinski definition) is 1. The molecule has 1 heterocycles. The maximum absolute atomic E-state index is 12.6. The number of benzene rings is 2. The van der Waals surface area contributed by atoms with Gasteiger partial charge in [-0.05, 0) is 31.5 Å². The van der Waals surface area contributed by atoms with Crippen molar-refractivity contribution in [2.24, 2.45) is 0 Å². The average molecular weight is 339 g/mol. The first-order chi connectivity index (χ1) is 11.6. The number of aromatic amines is 1. The molecule has 0 bridgehead atoms. The SMILES string of the molecule is CC(C)N(Cc1ccccc1)C(=O)CSc1nc2ccccc2[nH]1. The minimum atomic E-state index is 0.124. The fourth-order valence-corrected chi connectivity index (χ4v) is 3.32. The predicted octanol–water partition coefficient (Wildman–Crippen LogP) is 4.09. The van der Waals surface area contributed by atoms with Gasteiger partial charge < -0.3 is 9.88 Å². The molecule has 0 aliphatic heterocycles. The molecule has 5 heteroatoms. The molecule has 0 aliphatic carbocycles. The number of aromatic nitrogens is 2. The Labute approximate surface area is 146 Å². The summed E-state index contributed by atoms with van der Waals surface area (Å²) in [5.74, 6) is 0.504. The van der Waals surface area contributed by atoms with Crippen molar-refractivity contribution in [1.82, 2.24) is 14.9 Å². The van der Waals surface area contributed by atoms with Crippen molar-refractivity contribution >= 4 is 28.7 Å². The number of amides is 1. The van der Waals surface area contributed by atoms with Gasteiger partial charge in [0.15, 0.2) is 5.16 Å². The van der Waals surface area contributed by atoms with Crippen LogP contribution in [0.2, 0.25) is 0 Å². The molecule has 0 unspecified atom stereocenters. The fraction of sp³-hybridized carbons (Fsp3) is 0.263. The quantitative estimate of drug-likeness (QED) is 0.688. The summed E-state index contributed by atoms with van der Waals surface area (Å²) in [5.41, 5.74) is 3.07. The molecule has 0 radical (unpaired) electrons. The zero-order valence-electron chi connectivity index (χ0n) is 13.9. The normalized spacial score (nSPS) is 11.1. The van der Waals surface area contributed by atoms with Crippen molar-refractivity contribution in [3.05, 3.63) is 60.2 Å². The van der Waals surface area contributed by atoms with Crippen LogP contribution in [0.1, 0.15) is 19.4 Å². The Morgan fingerprint density at radius 1 is 1.12 bits per heavy atom. The Balaban J connectivity index is 1.65. The van der Waals surface area contributed by atoms with E-state index >= 15 is 0 Å². The molecule has 1 N–H and O–H groups in total. The van der Waals surface area contributed by atoms with Crippen LogP contribution in [0.5, 0.6) is 0 Å². The highest BCUT2D eigenvalue weighted by molar-refractivity contribution is 7.99. The molecule has 1 amide bonds. The Bertz CT molecular complexity index is 781. The van der Waals surface area contributed by atoms with Crippen LogP contribution in [0.4, 0.5) is 0 Å². The molecule has 0 saturated carbocycles. The third-order valence-corrected chi connectivity index (χ3v) is 4.70.